The first kappa shape index (κ1) is 11.2. The molecule has 0 spiro atoms. The van der Waals surface area contributed by atoms with E-state index in [1.807, 2.05) is 0 Å². The monoisotopic (exact) mass is 171 g/mol. The minimum Gasteiger partial charge on any atom is -0.381 e. The predicted octanol–water partition coefficient (Wildman–Crippen LogP) is 1.23. The average Bonchev–Trinajstić information content (AvgIpc) is 2.02. The normalized spacial score (nSPS) is 10.8. The molecule has 3 heteroatoms. The summed E-state index contributed by atoms with van der Waals surface area (Å²) in [5, 5.41) is 0. The van der Waals surface area contributed by atoms with E-state index in [4.69, 9.17) is 10.5 Å². The molecule has 0 aliphatic carbocycles. The van der Waals surface area contributed by atoms with Crippen molar-refractivity contribution in [1.29, 1.82) is 0 Å². The Morgan fingerprint density at radius 3 is 2.83 bits per heavy atom. The minimum absolute atomic E-state index is 0.399. The van der Waals surface area contributed by atoms with Crippen LogP contribution >= 0.6 is 0 Å². The lowest BCUT2D eigenvalue weighted by Crippen LogP contribution is -2.05. The quantitative estimate of drug-likeness (QED) is 0.462. The van der Waals surface area contributed by atoms with E-state index in [0.717, 1.165) is 25.9 Å². The Morgan fingerprint density at radius 2 is 2.25 bits per heavy atom. The third-order valence-electron chi connectivity index (χ3n) is 1.35. The van der Waals surface area contributed by atoms with E-state index in [1.165, 1.54) is 6.08 Å². The third kappa shape index (κ3) is 9.17. The predicted molar refractivity (Wildman–Crippen MR) is 48.7 cm³/mol. The van der Waals surface area contributed by atoms with Gasteiger partial charge in [0.05, 0.1) is 6.61 Å². The maximum atomic E-state index is 10.2. The molecular formula is C9H17NO2. The molecule has 1 amide bonds. The van der Waals surface area contributed by atoms with Crippen LogP contribution in [0.25, 0.3) is 0 Å². The van der Waals surface area contributed by atoms with Gasteiger partial charge in [-0.05, 0) is 18.9 Å². The van der Waals surface area contributed by atoms with E-state index in [0.29, 0.717) is 6.61 Å². The first-order chi connectivity index (χ1) is 5.77. The van der Waals surface area contributed by atoms with Crippen LogP contribution in [0.2, 0.25) is 0 Å². The Kier molecular flexibility index (Phi) is 7.70. The van der Waals surface area contributed by atoms with Gasteiger partial charge in [-0.25, -0.2) is 0 Å². The van der Waals surface area contributed by atoms with Gasteiger partial charge in [0.2, 0.25) is 5.91 Å². The largest absolute Gasteiger partial charge is 0.381 e. The van der Waals surface area contributed by atoms with E-state index in [2.05, 4.69) is 6.92 Å². The van der Waals surface area contributed by atoms with Crippen LogP contribution in [-0.2, 0) is 9.53 Å². The molecule has 0 bridgehead atoms. The van der Waals surface area contributed by atoms with Crippen molar-refractivity contribution in [3.8, 4) is 0 Å². The Morgan fingerprint density at radius 1 is 1.50 bits per heavy atom. The van der Waals surface area contributed by atoms with Crippen LogP contribution in [-0.4, -0.2) is 19.1 Å². The Bertz CT molecular complexity index is 143. The van der Waals surface area contributed by atoms with Gasteiger partial charge in [0.15, 0.2) is 0 Å². The second kappa shape index (κ2) is 8.27. The van der Waals surface area contributed by atoms with E-state index in [-0.39, 0.29) is 0 Å². The molecular weight excluding hydrogens is 154 g/mol. The summed E-state index contributed by atoms with van der Waals surface area (Å²) in [6, 6.07) is 0. The van der Waals surface area contributed by atoms with E-state index >= 15 is 0 Å². The van der Waals surface area contributed by atoms with Gasteiger partial charge in [-0.15, -0.1) is 0 Å². The number of carbonyl (C=O) groups is 1. The van der Waals surface area contributed by atoms with Crippen molar-refractivity contribution in [2.24, 2.45) is 5.73 Å². The second-order valence-corrected chi connectivity index (χ2v) is 2.56. The zero-order chi connectivity index (χ0) is 9.23. The van der Waals surface area contributed by atoms with Crippen LogP contribution < -0.4 is 5.73 Å². The highest BCUT2D eigenvalue weighted by molar-refractivity contribution is 5.85. The molecule has 0 radical (unpaired) electrons. The number of primary amides is 1. The van der Waals surface area contributed by atoms with Gasteiger partial charge in [-0.3, -0.25) is 4.79 Å². The van der Waals surface area contributed by atoms with Gasteiger partial charge in [0.25, 0.3) is 0 Å². The summed E-state index contributed by atoms with van der Waals surface area (Å²) in [6.07, 6.45) is 6.10. The van der Waals surface area contributed by atoms with Gasteiger partial charge in [-0.1, -0.05) is 19.4 Å². The summed E-state index contributed by atoms with van der Waals surface area (Å²) in [6.45, 7) is 3.60. The minimum atomic E-state index is -0.399. The van der Waals surface area contributed by atoms with Crippen LogP contribution in [0.5, 0.6) is 0 Å². The molecule has 70 valence electrons. The summed E-state index contributed by atoms with van der Waals surface area (Å²) in [5.74, 6) is -0.399. The number of hydrogen-bond acceptors (Lipinski definition) is 2. The van der Waals surface area contributed by atoms with E-state index in [9.17, 15) is 4.79 Å². The highest BCUT2D eigenvalue weighted by Crippen LogP contribution is 1.90. The Balaban J connectivity index is 3.05. The summed E-state index contributed by atoms with van der Waals surface area (Å²) in [7, 11) is 0. The smallest absolute Gasteiger partial charge is 0.241 e. The standard InChI is InChI=1S/C9H17NO2/c1-2-3-7-12-8-5-4-6-9(10)11/h4,6H,2-3,5,7-8H2,1H3,(H2,10,11). The van der Waals surface area contributed by atoms with Gasteiger partial charge in [0, 0.05) is 6.61 Å². The zero-order valence-corrected chi connectivity index (χ0v) is 7.58. The number of rotatable bonds is 7. The molecule has 0 fully saturated rings. The van der Waals surface area contributed by atoms with Gasteiger partial charge < -0.3 is 10.5 Å². The summed E-state index contributed by atoms with van der Waals surface area (Å²) in [4.78, 5) is 10.2. The molecule has 0 aliphatic heterocycles. The summed E-state index contributed by atoms with van der Waals surface area (Å²) < 4.78 is 5.25. The Labute approximate surface area is 73.6 Å². The molecule has 0 aromatic rings. The molecule has 0 aromatic carbocycles. The average molecular weight is 171 g/mol. The topological polar surface area (TPSA) is 52.3 Å². The zero-order valence-electron chi connectivity index (χ0n) is 7.58. The van der Waals surface area contributed by atoms with Crippen molar-refractivity contribution in [3.63, 3.8) is 0 Å². The molecule has 0 heterocycles. The fourth-order valence-corrected chi connectivity index (χ4v) is 0.699. The molecule has 0 rings (SSSR count). The molecule has 0 saturated heterocycles. The fraction of sp³-hybridized carbons (Fsp3) is 0.667. The summed E-state index contributed by atoms with van der Waals surface area (Å²) in [5.41, 5.74) is 4.89. The van der Waals surface area contributed by atoms with Crippen LogP contribution in [0, 0.1) is 0 Å². The van der Waals surface area contributed by atoms with Crippen LogP contribution in [0.1, 0.15) is 26.2 Å². The van der Waals surface area contributed by atoms with E-state index in [1.54, 1.807) is 6.08 Å². The molecule has 2 N–H and O–H groups in total. The molecule has 0 aliphatic rings. The fourth-order valence-electron chi connectivity index (χ4n) is 0.699. The highest BCUT2D eigenvalue weighted by atomic mass is 16.5. The number of unbranched alkanes of at least 4 members (excludes halogenated alkanes) is 1. The SMILES string of the molecule is CCCCOCCC=CC(N)=O. The lowest BCUT2D eigenvalue weighted by molar-refractivity contribution is -0.113. The van der Waals surface area contributed by atoms with Crippen molar-refractivity contribution in [2.45, 2.75) is 26.2 Å². The molecule has 3 nitrogen and oxygen atoms in total. The number of hydrogen-bond donors (Lipinski definition) is 1. The number of carbonyl (C=O) groups excluding carboxylic acids is 1. The van der Waals surface area contributed by atoms with Gasteiger partial charge >= 0.3 is 0 Å². The Hall–Kier alpha value is -0.830. The summed E-state index contributed by atoms with van der Waals surface area (Å²) >= 11 is 0. The maximum Gasteiger partial charge on any atom is 0.241 e. The van der Waals surface area contributed by atoms with Crippen LogP contribution in [0.3, 0.4) is 0 Å². The van der Waals surface area contributed by atoms with Crippen molar-refractivity contribution in [1.82, 2.24) is 0 Å². The van der Waals surface area contributed by atoms with Gasteiger partial charge in [-0.2, -0.15) is 0 Å². The third-order valence-corrected chi connectivity index (χ3v) is 1.35. The van der Waals surface area contributed by atoms with E-state index < -0.39 is 5.91 Å². The lowest BCUT2D eigenvalue weighted by Gasteiger charge is -1.98. The molecule has 0 aromatic heterocycles. The number of amides is 1. The van der Waals surface area contributed by atoms with Crippen molar-refractivity contribution >= 4 is 5.91 Å². The van der Waals surface area contributed by atoms with Gasteiger partial charge in [0.1, 0.15) is 0 Å². The molecule has 0 atom stereocenters. The molecule has 12 heavy (non-hydrogen) atoms. The van der Waals surface area contributed by atoms with Crippen molar-refractivity contribution in [3.05, 3.63) is 12.2 Å². The van der Waals surface area contributed by atoms with Crippen LogP contribution in [0.4, 0.5) is 0 Å². The van der Waals surface area contributed by atoms with Crippen LogP contribution in [0.15, 0.2) is 12.2 Å². The second-order valence-electron chi connectivity index (χ2n) is 2.56. The molecule has 0 unspecified atom stereocenters. The number of ether oxygens (including phenoxy) is 1. The molecule has 0 saturated carbocycles. The first-order valence-corrected chi connectivity index (χ1v) is 4.31. The van der Waals surface area contributed by atoms with Crippen molar-refractivity contribution < 1.29 is 9.53 Å². The number of nitrogens with two attached hydrogens (primary N) is 1. The first-order valence-electron chi connectivity index (χ1n) is 4.31. The highest BCUT2D eigenvalue weighted by Gasteiger charge is 1.86. The van der Waals surface area contributed by atoms with Crippen molar-refractivity contribution in [2.75, 3.05) is 13.2 Å². The lowest BCUT2D eigenvalue weighted by atomic mass is 10.3. The maximum absolute atomic E-state index is 10.2.